The van der Waals surface area contributed by atoms with E-state index in [9.17, 15) is 0 Å². The van der Waals surface area contributed by atoms with Crippen molar-refractivity contribution in [2.24, 2.45) is 0 Å². The van der Waals surface area contributed by atoms with Crippen LogP contribution in [0.3, 0.4) is 0 Å². The Bertz CT molecular complexity index is 1410. The minimum absolute atomic E-state index is 0.910. The van der Waals surface area contributed by atoms with Crippen LogP contribution in [0.15, 0.2) is 83.4 Å². The number of furan rings is 1. The zero-order valence-electron chi connectivity index (χ0n) is 18.4. The van der Waals surface area contributed by atoms with Gasteiger partial charge in [-0.15, -0.1) is 0 Å². The largest absolute Gasteiger partial charge is 0.456 e. The summed E-state index contributed by atoms with van der Waals surface area (Å²) >= 11 is 0. The van der Waals surface area contributed by atoms with Gasteiger partial charge < -0.3 is 4.42 Å². The summed E-state index contributed by atoms with van der Waals surface area (Å²) in [5, 5.41) is 1.13. The Morgan fingerprint density at radius 1 is 0.645 bits per heavy atom. The average Bonchev–Trinajstić information content (AvgIpc) is 3.21. The number of aromatic nitrogens is 1. The molecule has 0 radical (unpaired) electrons. The Kier molecular flexibility index (Phi) is 4.71. The number of pyridine rings is 1. The first-order valence-electron chi connectivity index (χ1n) is 10.6. The van der Waals surface area contributed by atoms with E-state index in [1.54, 1.807) is 0 Å². The Morgan fingerprint density at radius 2 is 1.42 bits per heavy atom. The smallest absolute Gasteiger partial charge is 0.138 e. The Hall–Kier alpha value is -3.65. The van der Waals surface area contributed by atoms with Gasteiger partial charge in [-0.2, -0.15) is 0 Å². The van der Waals surface area contributed by atoms with E-state index in [0.29, 0.717) is 0 Å². The van der Waals surface area contributed by atoms with Gasteiger partial charge in [-0.05, 0) is 85.8 Å². The van der Waals surface area contributed by atoms with Crippen LogP contribution in [0.4, 0.5) is 0 Å². The second kappa shape index (κ2) is 7.55. The van der Waals surface area contributed by atoms with Crippen LogP contribution >= 0.6 is 0 Å². The number of nitrogens with zero attached hydrogens (tertiary/aromatic N) is 1. The lowest BCUT2D eigenvalue weighted by atomic mass is 9.93. The first kappa shape index (κ1) is 19.3. The molecule has 0 unspecified atom stereocenters. The number of hydrogen-bond acceptors (Lipinski definition) is 2. The summed E-state index contributed by atoms with van der Waals surface area (Å²) in [5.74, 6) is 0.910. The molecule has 0 amide bonds. The van der Waals surface area contributed by atoms with Crippen molar-refractivity contribution in [2.45, 2.75) is 27.7 Å². The summed E-state index contributed by atoms with van der Waals surface area (Å²) < 4.78 is 6.29. The predicted octanol–water partition coefficient (Wildman–Crippen LogP) is 8.06. The summed E-state index contributed by atoms with van der Waals surface area (Å²) in [4.78, 5) is 4.56. The van der Waals surface area contributed by atoms with Crippen LogP contribution in [-0.4, -0.2) is 4.98 Å². The lowest BCUT2D eigenvalue weighted by molar-refractivity contribution is 0.628. The minimum atomic E-state index is 0.910. The maximum absolute atomic E-state index is 6.29. The number of rotatable bonds is 3. The fraction of sp³-hybridized carbons (Fsp3) is 0.138. The van der Waals surface area contributed by atoms with Gasteiger partial charge in [0.05, 0.1) is 5.69 Å². The van der Waals surface area contributed by atoms with Crippen molar-refractivity contribution < 1.29 is 4.42 Å². The van der Waals surface area contributed by atoms with Gasteiger partial charge in [0.25, 0.3) is 0 Å². The number of aryl methyl sites for hydroxylation is 3. The summed E-state index contributed by atoms with van der Waals surface area (Å²) in [6.07, 6.45) is 1.87. The quantitative estimate of drug-likeness (QED) is 0.304. The van der Waals surface area contributed by atoms with Gasteiger partial charge in [0.2, 0.25) is 0 Å². The van der Waals surface area contributed by atoms with Crippen molar-refractivity contribution in [3.05, 3.63) is 101 Å². The van der Waals surface area contributed by atoms with Gasteiger partial charge in [-0.1, -0.05) is 48.0 Å². The van der Waals surface area contributed by atoms with E-state index in [1.807, 2.05) is 12.3 Å². The molecule has 0 aliphatic rings. The molecule has 152 valence electrons. The molecule has 0 fully saturated rings. The molecule has 2 aromatic heterocycles. The van der Waals surface area contributed by atoms with Crippen molar-refractivity contribution in [1.29, 1.82) is 0 Å². The van der Waals surface area contributed by atoms with Crippen LogP contribution < -0.4 is 0 Å². The van der Waals surface area contributed by atoms with Crippen molar-refractivity contribution in [2.75, 3.05) is 0 Å². The number of hydrogen-bond donors (Lipinski definition) is 0. The van der Waals surface area contributed by atoms with E-state index in [2.05, 4.69) is 99.4 Å². The van der Waals surface area contributed by atoms with Crippen molar-refractivity contribution in [1.82, 2.24) is 4.98 Å². The van der Waals surface area contributed by atoms with Crippen molar-refractivity contribution in [3.63, 3.8) is 0 Å². The highest BCUT2D eigenvalue weighted by Crippen LogP contribution is 2.37. The van der Waals surface area contributed by atoms with Gasteiger partial charge in [0.1, 0.15) is 11.3 Å². The third-order valence-electron chi connectivity index (χ3n) is 6.09. The molecule has 5 aromatic rings. The molecule has 0 aliphatic heterocycles. The van der Waals surface area contributed by atoms with Crippen LogP contribution in [0, 0.1) is 27.7 Å². The maximum Gasteiger partial charge on any atom is 0.138 e. The van der Waals surface area contributed by atoms with E-state index in [4.69, 9.17) is 4.42 Å². The predicted molar refractivity (Wildman–Crippen MR) is 129 cm³/mol. The highest BCUT2D eigenvalue weighted by atomic mass is 16.3. The fourth-order valence-electron chi connectivity index (χ4n) is 4.14. The monoisotopic (exact) mass is 403 g/mol. The number of benzene rings is 3. The van der Waals surface area contributed by atoms with Crippen LogP contribution in [0.25, 0.3) is 44.7 Å². The first-order chi connectivity index (χ1) is 15.0. The molecule has 31 heavy (non-hydrogen) atoms. The topological polar surface area (TPSA) is 26.0 Å². The van der Waals surface area contributed by atoms with Crippen molar-refractivity contribution >= 4 is 11.0 Å². The lowest BCUT2D eigenvalue weighted by Crippen LogP contribution is -1.90. The van der Waals surface area contributed by atoms with Gasteiger partial charge in [0, 0.05) is 22.7 Å². The van der Waals surface area contributed by atoms with Crippen LogP contribution in [0.1, 0.15) is 22.3 Å². The third-order valence-corrected chi connectivity index (χ3v) is 6.09. The lowest BCUT2D eigenvalue weighted by Gasteiger charge is -2.11. The zero-order valence-corrected chi connectivity index (χ0v) is 18.4. The van der Waals surface area contributed by atoms with Gasteiger partial charge >= 0.3 is 0 Å². The Balaban J connectivity index is 1.63. The molecule has 2 heteroatoms. The minimum Gasteiger partial charge on any atom is -0.456 e. The second-order valence-corrected chi connectivity index (χ2v) is 8.37. The number of fused-ring (bicyclic) bond motifs is 1. The standard InChI is InChI=1S/C29H25NO/c1-18-8-10-22(11-9-18)28-17-25-16-26(20(3)21(4)29(25)31-28)23-6-5-7-24(15-23)27-14-19(2)12-13-30-27/h5-17H,1-4H3. The van der Waals surface area contributed by atoms with Gasteiger partial charge in [-0.3, -0.25) is 4.98 Å². The Morgan fingerprint density at radius 3 is 2.19 bits per heavy atom. The molecular weight excluding hydrogens is 378 g/mol. The van der Waals surface area contributed by atoms with E-state index < -0.39 is 0 Å². The van der Waals surface area contributed by atoms with E-state index in [-0.39, 0.29) is 0 Å². The fourth-order valence-corrected chi connectivity index (χ4v) is 4.14. The molecular formula is C29H25NO. The zero-order chi connectivity index (χ0) is 21.5. The summed E-state index contributed by atoms with van der Waals surface area (Å²) in [6, 6.07) is 25.7. The molecule has 0 saturated carbocycles. The summed E-state index contributed by atoms with van der Waals surface area (Å²) in [6.45, 7) is 8.52. The van der Waals surface area contributed by atoms with E-state index in [0.717, 1.165) is 33.6 Å². The molecule has 0 spiro atoms. The summed E-state index contributed by atoms with van der Waals surface area (Å²) in [5.41, 5.74) is 11.5. The van der Waals surface area contributed by atoms with Gasteiger partial charge in [0.15, 0.2) is 0 Å². The van der Waals surface area contributed by atoms with Crippen LogP contribution in [0.2, 0.25) is 0 Å². The molecule has 5 rings (SSSR count). The van der Waals surface area contributed by atoms with Gasteiger partial charge in [-0.25, -0.2) is 0 Å². The van der Waals surface area contributed by atoms with E-state index >= 15 is 0 Å². The molecule has 0 aliphatic carbocycles. The highest BCUT2D eigenvalue weighted by Gasteiger charge is 2.15. The molecule has 0 saturated heterocycles. The molecule has 2 nitrogen and oxygen atoms in total. The third kappa shape index (κ3) is 3.55. The van der Waals surface area contributed by atoms with Crippen LogP contribution in [-0.2, 0) is 0 Å². The second-order valence-electron chi connectivity index (χ2n) is 8.37. The average molecular weight is 404 g/mol. The normalized spacial score (nSPS) is 11.2. The molecule has 2 heterocycles. The molecule has 0 bridgehead atoms. The molecule has 0 N–H and O–H groups in total. The van der Waals surface area contributed by atoms with E-state index in [1.165, 1.54) is 33.4 Å². The molecule has 0 atom stereocenters. The molecule has 3 aromatic carbocycles. The SMILES string of the molecule is Cc1ccc(-c2cc3cc(-c4cccc(-c5cc(C)ccn5)c4)c(C)c(C)c3o2)cc1. The highest BCUT2D eigenvalue weighted by molar-refractivity contribution is 5.92. The van der Waals surface area contributed by atoms with Crippen LogP contribution in [0.5, 0.6) is 0 Å². The maximum atomic E-state index is 6.29. The first-order valence-corrected chi connectivity index (χ1v) is 10.6. The Labute approximate surface area is 183 Å². The van der Waals surface area contributed by atoms with Crippen molar-refractivity contribution in [3.8, 4) is 33.7 Å². The summed E-state index contributed by atoms with van der Waals surface area (Å²) in [7, 11) is 0.